The molecule has 33 heavy (non-hydrogen) atoms. The third kappa shape index (κ3) is 3.83. The van der Waals surface area contributed by atoms with E-state index in [-0.39, 0.29) is 19.0 Å². The van der Waals surface area contributed by atoms with Gasteiger partial charge in [-0.2, -0.15) is 5.10 Å². The molecule has 5 rings (SSSR count). The summed E-state index contributed by atoms with van der Waals surface area (Å²) in [7, 11) is 0. The van der Waals surface area contributed by atoms with E-state index in [0.29, 0.717) is 35.6 Å². The van der Waals surface area contributed by atoms with E-state index >= 15 is 0 Å². The van der Waals surface area contributed by atoms with Crippen LogP contribution in [0.2, 0.25) is 0 Å². The Morgan fingerprint density at radius 2 is 1.76 bits per heavy atom. The van der Waals surface area contributed by atoms with Crippen LogP contribution in [0.1, 0.15) is 6.42 Å². The first kappa shape index (κ1) is 22.8. The van der Waals surface area contributed by atoms with Gasteiger partial charge in [0.15, 0.2) is 5.82 Å². The van der Waals surface area contributed by atoms with Crippen LogP contribution in [-0.2, 0) is 13.1 Å². The summed E-state index contributed by atoms with van der Waals surface area (Å²) >= 11 is 0. The molecule has 0 fully saturated rings. The lowest BCUT2D eigenvalue weighted by molar-refractivity contribution is 0.451. The molecule has 0 aliphatic rings. The Morgan fingerprint density at radius 1 is 1.00 bits per heavy atom. The molecule has 0 saturated heterocycles. The van der Waals surface area contributed by atoms with Crippen LogP contribution in [0.25, 0.3) is 38.9 Å². The van der Waals surface area contributed by atoms with Crippen LogP contribution in [0.3, 0.4) is 0 Å². The molecule has 0 bridgehead atoms. The van der Waals surface area contributed by atoms with Crippen molar-refractivity contribution in [2.75, 3.05) is 13.2 Å². The summed E-state index contributed by atoms with van der Waals surface area (Å²) < 4.78 is 32.5. The van der Waals surface area contributed by atoms with Gasteiger partial charge in [0.2, 0.25) is 0 Å². The predicted octanol–water partition coefficient (Wildman–Crippen LogP) is 4.02. The molecule has 2 aromatic carbocycles. The van der Waals surface area contributed by atoms with E-state index in [1.165, 1.54) is 16.7 Å². The Hall–Kier alpha value is -3.43. The number of hydrogen-bond acceptors (Lipinski definition) is 3. The minimum atomic E-state index is -0.514. The quantitative estimate of drug-likeness (QED) is 0.375. The molecule has 0 amide bonds. The summed E-state index contributed by atoms with van der Waals surface area (Å²) in [6.45, 7) is 0.829. The lowest BCUT2D eigenvalue weighted by atomic mass is 10.1. The fourth-order valence-corrected chi connectivity index (χ4v) is 4.28. The van der Waals surface area contributed by atoms with E-state index in [4.69, 9.17) is 5.73 Å². The predicted molar refractivity (Wildman–Crippen MR) is 127 cm³/mol. The van der Waals surface area contributed by atoms with Crippen LogP contribution in [0.5, 0.6) is 0 Å². The van der Waals surface area contributed by atoms with Crippen molar-refractivity contribution >= 4 is 34.2 Å². The second-order valence-corrected chi connectivity index (χ2v) is 7.64. The third-order valence-corrected chi connectivity index (χ3v) is 5.69. The number of hydrogen-bond donors (Lipinski definition) is 2. The van der Waals surface area contributed by atoms with Gasteiger partial charge in [0.05, 0.1) is 17.7 Å². The molecule has 3 aromatic heterocycles. The molecule has 0 radical (unpaired) electrons. The van der Waals surface area contributed by atoms with Gasteiger partial charge in [-0.05, 0) is 37.2 Å². The number of aromatic amines is 1. The van der Waals surface area contributed by atoms with Crippen LogP contribution in [-0.4, -0.2) is 37.1 Å². The first-order valence-corrected chi connectivity index (χ1v) is 10.4. The van der Waals surface area contributed by atoms with Crippen molar-refractivity contribution in [1.29, 1.82) is 0 Å². The largest absolute Gasteiger partial charge is 0.348 e. The number of nitrogens with one attached hydrogen (secondary N) is 1. The minimum Gasteiger partial charge on any atom is -0.345 e. The number of rotatable bonds is 7. The third-order valence-electron chi connectivity index (χ3n) is 5.69. The summed E-state index contributed by atoms with van der Waals surface area (Å²) in [5.41, 5.74) is 8.09. The van der Waals surface area contributed by atoms with Gasteiger partial charge < -0.3 is 14.9 Å². The number of nitrogens with zero attached hydrogens (tertiary/aromatic N) is 4. The maximum absolute atomic E-state index is 14.2. The van der Waals surface area contributed by atoms with Gasteiger partial charge in [-0.3, -0.25) is 0 Å². The Bertz CT molecular complexity index is 1480. The number of halogens is 3. The van der Waals surface area contributed by atoms with Gasteiger partial charge in [-0.25, -0.2) is 23.2 Å². The van der Waals surface area contributed by atoms with Crippen LogP contribution in [0.15, 0.2) is 59.7 Å². The van der Waals surface area contributed by atoms with Gasteiger partial charge in [0.25, 0.3) is 0 Å². The zero-order chi connectivity index (χ0) is 22.2. The van der Waals surface area contributed by atoms with Crippen LogP contribution < -0.4 is 11.4 Å². The molecule has 3 heterocycles. The number of alkyl halides is 1. The zero-order valence-electron chi connectivity index (χ0n) is 17.7. The highest BCUT2D eigenvalue weighted by molar-refractivity contribution is 5.96. The zero-order valence-corrected chi connectivity index (χ0v) is 18.5. The summed E-state index contributed by atoms with van der Waals surface area (Å²) in [5.74, 6) is -0.0149. The maximum Gasteiger partial charge on any atom is 0.348 e. The molecular weight excluding hydrogens is 450 g/mol. The van der Waals surface area contributed by atoms with E-state index < -0.39 is 18.2 Å². The maximum atomic E-state index is 14.2. The number of para-hydroxylation sites is 1. The summed E-state index contributed by atoms with van der Waals surface area (Å²) in [6.07, 6.45) is 4.36. The highest BCUT2D eigenvalue weighted by Crippen LogP contribution is 2.32. The van der Waals surface area contributed by atoms with E-state index in [0.717, 1.165) is 22.8 Å². The molecule has 0 atom stereocenters. The topological polar surface area (TPSA) is 86.6 Å². The molecule has 0 saturated carbocycles. The van der Waals surface area contributed by atoms with Gasteiger partial charge in [-0.15, -0.1) is 12.4 Å². The average Bonchev–Trinajstić information content (AvgIpc) is 3.46. The standard InChI is InChI=1S/C23H22F2N6O.ClH/c24-8-11-30-13-18(16-4-1-2-5-19(16)30)22-27-28-23(32)31(22)21-14-29(10-3-9-26)20-7-6-15(25)12-17(20)21;/h1-2,4-7,12-14H,3,8-11,26H2,(H,28,32);1H. The number of fused-ring (bicyclic) bond motifs is 2. The van der Waals surface area contributed by atoms with Gasteiger partial charge in [0, 0.05) is 40.8 Å². The lowest BCUT2D eigenvalue weighted by Gasteiger charge is -2.04. The van der Waals surface area contributed by atoms with Crippen molar-refractivity contribution in [3.63, 3.8) is 0 Å². The van der Waals surface area contributed by atoms with Gasteiger partial charge >= 0.3 is 5.69 Å². The molecule has 0 spiro atoms. The number of aromatic nitrogens is 5. The van der Waals surface area contributed by atoms with Crippen molar-refractivity contribution in [2.45, 2.75) is 19.5 Å². The van der Waals surface area contributed by atoms with Crippen molar-refractivity contribution in [2.24, 2.45) is 5.73 Å². The SMILES string of the molecule is Cl.NCCCn1cc(-n2c(-c3cn(CCF)c4ccccc34)n[nH]c2=O)c2cc(F)ccc21. The molecular formula is C23H23ClF2N6O. The number of nitrogens with two attached hydrogens (primary N) is 1. The molecule has 0 aliphatic carbocycles. The fraction of sp³-hybridized carbons (Fsp3) is 0.217. The van der Waals surface area contributed by atoms with Crippen molar-refractivity contribution in [3.8, 4) is 17.1 Å². The van der Waals surface area contributed by atoms with E-state index in [2.05, 4.69) is 10.2 Å². The molecule has 10 heteroatoms. The average molecular weight is 473 g/mol. The van der Waals surface area contributed by atoms with Crippen LogP contribution in [0, 0.1) is 5.82 Å². The number of benzene rings is 2. The van der Waals surface area contributed by atoms with E-state index in [1.807, 2.05) is 35.0 Å². The smallest absolute Gasteiger partial charge is 0.345 e. The van der Waals surface area contributed by atoms with Crippen molar-refractivity contribution in [1.82, 2.24) is 23.9 Å². The van der Waals surface area contributed by atoms with Crippen LogP contribution in [0.4, 0.5) is 8.78 Å². The van der Waals surface area contributed by atoms with E-state index in [1.54, 1.807) is 16.8 Å². The second kappa shape index (κ2) is 9.21. The Labute approximate surface area is 193 Å². The van der Waals surface area contributed by atoms with Crippen molar-refractivity contribution < 1.29 is 8.78 Å². The number of H-pyrrole nitrogens is 1. The molecule has 0 unspecified atom stereocenters. The monoisotopic (exact) mass is 472 g/mol. The Morgan fingerprint density at radius 3 is 2.55 bits per heavy atom. The highest BCUT2D eigenvalue weighted by Gasteiger charge is 2.21. The fourth-order valence-electron chi connectivity index (χ4n) is 4.28. The summed E-state index contributed by atoms with van der Waals surface area (Å²) in [6, 6.07) is 12.1. The van der Waals surface area contributed by atoms with Gasteiger partial charge in [0.1, 0.15) is 12.5 Å². The van der Waals surface area contributed by atoms with E-state index in [9.17, 15) is 13.6 Å². The molecule has 5 aromatic rings. The van der Waals surface area contributed by atoms with Crippen LogP contribution >= 0.6 is 12.4 Å². The minimum absolute atomic E-state index is 0. The first-order chi connectivity index (χ1) is 15.6. The molecule has 3 N–H and O–H groups in total. The summed E-state index contributed by atoms with van der Waals surface area (Å²) in [5, 5.41) is 8.25. The normalized spacial score (nSPS) is 11.4. The van der Waals surface area contributed by atoms with Gasteiger partial charge in [-0.1, -0.05) is 18.2 Å². The highest BCUT2D eigenvalue weighted by atomic mass is 35.5. The molecule has 7 nitrogen and oxygen atoms in total. The summed E-state index contributed by atoms with van der Waals surface area (Å²) in [4.78, 5) is 12.9. The Kier molecular flexibility index (Phi) is 6.35. The second-order valence-electron chi connectivity index (χ2n) is 7.64. The lowest BCUT2D eigenvalue weighted by Crippen LogP contribution is -2.15. The molecule has 0 aliphatic heterocycles. The first-order valence-electron chi connectivity index (χ1n) is 10.4. The molecule has 172 valence electrons. The Balaban J connectivity index is 0.00000259. The van der Waals surface area contributed by atoms with Crippen molar-refractivity contribution in [3.05, 3.63) is 71.2 Å². The number of aryl methyl sites for hydroxylation is 2.